The zero-order chi connectivity index (χ0) is 31.0. The number of halogens is 1. The van der Waals surface area contributed by atoms with Crippen molar-refractivity contribution < 1.29 is 22.7 Å². The fourth-order valence-corrected chi connectivity index (χ4v) is 7.94. The molecule has 1 aliphatic heterocycles. The highest BCUT2D eigenvalue weighted by Crippen LogP contribution is 2.34. The van der Waals surface area contributed by atoms with Crippen LogP contribution in [0.25, 0.3) is 10.1 Å². The third kappa shape index (κ3) is 6.98. The van der Waals surface area contributed by atoms with Crippen LogP contribution in [-0.4, -0.2) is 71.8 Å². The molecule has 1 atom stereocenters. The molecule has 1 aliphatic rings. The van der Waals surface area contributed by atoms with Gasteiger partial charge in [0, 0.05) is 41.1 Å². The number of thiophene rings is 1. The zero-order valence-corrected chi connectivity index (χ0v) is 26.5. The highest BCUT2D eigenvalue weighted by Gasteiger charge is 2.41. The van der Waals surface area contributed by atoms with E-state index in [1.54, 1.807) is 68.1 Å². The van der Waals surface area contributed by atoms with E-state index in [1.807, 2.05) is 19.9 Å². The number of carbonyl (C=O) groups excluding carboxylic acids is 2. The Balaban J connectivity index is 1.69. The third-order valence-electron chi connectivity index (χ3n) is 6.79. The molecular weight excluding hydrogens is 598 g/mol. The number of anilines is 1. The predicted octanol–water partition coefficient (Wildman–Crippen LogP) is 5.06. The quantitative estimate of drug-likeness (QED) is 0.360. The third-order valence-corrected chi connectivity index (χ3v) is 10.4. The van der Waals surface area contributed by atoms with Crippen molar-refractivity contribution in [2.45, 2.75) is 63.1 Å². The van der Waals surface area contributed by atoms with Gasteiger partial charge in [0.15, 0.2) is 0 Å². The summed E-state index contributed by atoms with van der Waals surface area (Å²) < 4.78 is 35.3. The molecule has 0 aliphatic carbocycles. The van der Waals surface area contributed by atoms with Gasteiger partial charge in [0.25, 0.3) is 10.0 Å². The van der Waals surface area contributed by atoms with Crippen molar-refractivity contribution in [3.63, 3.8) is 0 Å². The number of sulfonamides is 1. The van der Waals surface area contributed by atoms with Crippen LogP contribution in [0.1, 0.15) is 45.7 Å². The molecule has 0 saturated carbocycles. The Labute approximate surface area is 255 Å². The van der Waals surface area contributed by atoms with E-state index in [4.69, 9.17) is 22.1 Å². The molecule has 224 valence electrons. The Morgan fingerprint density at radius 3 is 2.57 bits per heavy atom. The number of benzene rings is 2. The number of hydrogen-bond acceptors (Lipinski definition) is 8. The molecule has 13 heteroatoms. The summed E-state index contributed by atoms with van der Waals surface area (Å²) in [6, 6.07) is 12.7. The SMILES string of the molecule is CC(C)N(CC1CN(S(=O)(=O)c2cc3ccc(Cl)cc3s2)CC(=O)N1Cc1ccc(C#N)c(N)c1)C(=O)OC(C)(C)C. The maximum absolute atomic E-state index is 13.8. The molecule has 2 N–H and O–H groups in total. The van der Waals surface area contributed by atoms with Gasteiger partial charge in [-0.1, -0.05) is 23.7 Å². The number of rotatable bonds is 7. The lowest BCUT2D eigenvalue weighted by atomic mass is 10.1. The molecule has 2 heterocycles. The van der Waals surface area contributed by atoms with Crippen LogP contribution in [-0.2, 0) is 26.1 Å². The molecule has 3 aromatic rings. The Kier molecular flexibility index (Phi) is 9.08. The van der Waals surface area contributed by atoms with Gasteiger partial charge in [-0.15, -0.1) is 11.3 Å². The standard InChI is InChI=1S/C29H34ClN5O5S2/c1-18(2)34(28(37)40-29(3,4)5)16-23-15-33(42(38,39)27-11-20-8-9-22(30)12-25(20)41-27)17-26(36)35(23)14-19-6-7-21(13-31)24(32)10-19/h6-12,18,23H,14-17,32H2,1-5H3. The number of nitrogen functional groups attached to an aromatic ring is 1. The summed E-state index contributed by atoms with van der Waals surface area (Å²) in [7, 11) is -4.05. The minimum absolute atomic E-state index is 0.0398. The first-order valence-corrected chi connectivity index (χ1v) is 16.0. The molecule has 42 heavy (non-hydrogen) atoms. The van der Waals surface area contributed by atoms with E-state index in [9.17, 15) is 23.3 Å². The minimum Gasteiger partial charge on any atom is -0.444 e. The number of fused-ring (bicyclic) bond motifs is 1. The molecule has 4 rings (SSSR count). The van der Waals surface area contributed by atoms with Crippen molar-refractivity contribution >= 4 is 60.7 Å². The Hall–Kier alpha value is -3.37. The topological polar surface area (TPSA) is 137 Å². The lowest BCUT2D eigenvalue weighted by Gasteiger charge is -2.43. The van der Waals surface area contributed by atoms with Crippen molar-refractivity contribution in [1.29, 1.82) is 5.26 Å². The van der Waals surface area contributed by atoms with Crippen molar-refractivity contribution in [2.75, 3.05) is 25.4 Å². The van der Waals surface area contributed by atoms with Gasteiger partial charge in [-0.2, -0.15) is 9.57 Å². The first-order valence-electron chi connectivity index (χ1n) is 13.4. The fraction of sp³-hybridized carbons (Fsp3) is 0.414. The van der Waals surface area contributed by atoms with Gasteiger partial charge in [0.1, 0.15) is 15.9 Å². The monoisotopic (exact) mass is 631 g/mol. The number of ether oxygens (including phenoxy) is 1. The molecule has 1 saturated heterocycles. The lowest BCUT2D eigenvalue weighted by molar-refractivity contribution is -0.139. The molecule has 0 spiro atoms. The summed E-state index contributed by atoms with van der Waals surface area (Å²) in [6.45, 7) is 8.71. The maximum atomic E-state index is 13.8. The molecule has 0 bridgehead atoms. The first kappa shape index (κ1) is 31.6. The molecule has 2 aromatic carbocycles. The molecular formula is C29H34ClN5O5S2. The van der Waals surface area contributed by atoms with E-state index < -0.39 is 33.7 Å². The number of piperazine rings is 1. The van der Waals surface area contributed by atoms with Gasteiger partial charge < -0.3 is 20.3 Å². The number of carbonyl (C=O) groups is 2. The molecule has 1 aromatic heterocycles. The molecule has 1 unspecified atom stereocenters. The van der Waals surface area contributed by atoms with Crippen molar-refractivity contribution in [3.05, 3.63) is 58.6 Å². The van der Waals surface area contributed by atoms with Crippen LogP contribution < -0.4 is 5.73 Å². The maximum Gasteiger partial charge on any atom is 0.410 e. The summed E-state index contributed by atoms with van der Waals surface area (Å²) in [5.74, 6) is -0.421. The average molecular weight is 632 g/mol. The van der Waals surface area contributed by atoms with Gasteiger partial charge in [0.05, 0.1) is 18.2 Å². The lowest BCUT2D eigenvalue weighted by Crippen LogP contribution is -2.61. The highest BCUT2D eigenvalue weighted by molar-refractivity contribution is 7.91. The smallest absolute Gasteiger partial charge is 0.410 e. The molecule has 10 nitrogen and oxygen atoms in total. The highest BCUT2D eigenvalue weighted by atomic mass is 35.5. The molecule has 0 radical (unpaired) electrons. The van der Waals surface area contributed by atoms with E-state index >= 15 is 0 Å². The summed E-state index contributed by atoms with van der Waals surface area (Å²) in [6.07, 6.45) is -0.561. The number of amides is 2. The van der Waals surface area contributed by atoms with Crippen LogP contribution in [0.15, 0.2) is 46.7 Å². The Morgan fingerprint density at radius 2 is 1.95 bits per heavy atom. The van der Waals surface area contributed by atoms with Crippen LogP contribution >= 0.6 is 22.9 Å². The average Bonchev–Trinajstić information content (AvgIpc) is 3.31. The number of nitriles is 1. The number of nitrogens with two attached hydrogens (primary N) is 1. The summed E-state index contributed by atoms with van der Waals surface area (Å²) in [4.78, 5) is 29.9. The van der Waals surface area contributed by atoms with Gasteiger partial charge in [0.2, 0.25) is 5.91 Å². The van der Waals surface area contributed by atoms with E-state index in [1.165, 1.54) is 9.21 Å². The van der Waals surface area contributed by atoms with Crippen LogP contribution in [0, 0.1) is 11.3 Å². The van der Waals surface area contributed by atoms with E-state index in [-0.39, 0.29) is 42.1 Å². The summed E-state index contributed by atoms with van der Waals surface area (Å²) >= 11 is 7.20. The second kappa shape index (κ2) is 12.1. The number of hydrogen-bond donors (Lipinski definition) is 1. The Morgan fingerprint density at radius 1 is 1.24 bits per heavy atom. The van der Waals surface area contributed by atoms with Gasteiger partial charge in [-0.3, -0.25) is 4.79 Å². The van der Waals surface area contributed by atoms with E-state index in [0.29, 0.717) is 16.1 Å². The molecule has 2 amide bonds. The minimum atomic E-state index is -4.05. The van der Waals surface area contributed by atoms with Gasteiger partial charge >= 0.3 is 6.09 Å². The normalized spacial score (nSPS) is 16.6. The zero-order valence-electron chi connectivity index (χ0n) is 24.1. The predicted molar refractivity (Wildman–Crippen MR) is 164 cm³/mol. The van der Waals surface area contributed by atoms with E-state index in [0.717, 1.165) is 21.4 Å². The second-order valence-electron chi connectivity index (χ2n) is 11.5. The van der Waals surface area contributed by atoms with E-state index in [2.05, 4.69) is 0 Å². The van der Waals surface area contributed by atoms with Crippen LogP contribution in [0.5, 0.6) is 0 Å². The van der Waals surface area contributed by atoms with Crippen molar-refractivity contribution in [2.24, 2.45) is 0 Å². The van der Waals surface area contributed by atoms with Crippen LogP contribution in [0.3, 0.4) is 0 Å². The number of nitrogens with zero attached hydrogens (tertiary/aromatic N) is 4. The summed E-state index contributed by atoms with van der Waals surface area (Å²) in [5.41, 5.74) is 6.55. The largest absolute Gasteiger partial charge is 0.444 e. The van der Waals surface area contributed by atoms with Gasteiger partial charge in [-0.25, -0.2) is 13.2 Å². The molecule has 1 fully saturated rings. The van der Waals surface area contributed by atoms with Crippen molar-refractivity contribution in [3.8, 4) is 6.07 Å². The fourth-order valence-electron chi connectivity index (χ4n) is 4.69. The summed E-state index contributed by atoms with van der Waals surface area (Å²) in [5, 5.41) is 10.5. The van der Waals surface area contributed by atoms with Crippen LogP contribution in [0.4, 0.5) is 10.5 Å². The van der Waals surface area contributed by atoms with Crippen LogP contribution in [0.2, 0.25) is 5.02 Å². The van der Waals surface area contributed by atoms with Crippen molar-refractivity contribution in [1.82, 2.24) is 14.1 Å². The Bertz CT molecular complexity index is 1660. The second-order valence-corrected chi connectivity index (χ2v) is 15.2. The first-order chi connectivity index (χ1) is 19.6. The van der Waals surface area contributed by atoms with Gasteiger partial charge in [-0.05, 0) is 75.9 Å².